The quantitative estimate of drug-likeness (QED) is 0.891. The molecule has 3 rings (SSSR count). The molecule has 0 bridgehead atoms. The summed E-state index contributed by atoms with van der Waals surface area (Å²) in [5.74, 6) is 1.89. The average molecular weight is 261 g/mol. The van der Waals surface area contributed by atoms with Crippen molar-refractivity contribution in [1.82, 2.24) is 0 Å². The van der Waals surface area contributed by atoms with Gasteiger partial charge >= 0.3 is 0 Å². The van der Waals surface area contributed by atoms with E-state index in [2.05, 4.69) is 12.1 Å². The summed E-state index contributed by atoms with van der Waals surface area (Å²) < 4.78 is 5.58. The summed E-state index contributed by atoms with van der Waals surface area (Å²) in [7, 11) is 0. The number of rotatable bonds is 2. The first-order valence-corrected chi connectivity index (χ1v) is 7.41. The Morgan fingerprint density at radius 1 is 1.22 bits per heavy atom. The highest BCUT2D eigenvalue weighted by molar-refractivity contribution is 7.12. The molecular formula is C15H19NOS. The molecule has 1 unspecified atom stereocenters. The van der Waals surface area contributed by atoms with E-state index in [1.165, 1.54) is 36.1 Å². The molecule has 0 saturated heterocycles. The van der Waals surface area contributed by atoms with E-state index in [0.717, 1.165) is 17.1 Å². The van der Waals surface area contributed by atoms with Crippen LogP contribution in [0.4, 0.5) is 0 Å². The van der Waals surface area contributed by atoms with E-state index < -0.39 is 0 Å². The van der Waals surface area contributed by atoms with Gasteiger partial charge in [-0.2, -0.15) is 0 Å². The monoisotopic (exact) mass is 261 g/mol. The van der Waals surface area contributed by atoms with E-state index in [1.807, 2.05) is 25.2 Å². The Hall–Kier alpha value is -1.06. The Labute approximate surface area is 112 Å². The highest BCUT2D eigenvalue weighted by atomic mass is 32.1. The summed E-state index contributed by atoms with van der Waals surface area (Å²) in [5.41, 5.74) is 9.05. The second-order valence-electron chi connectivity index (χ2n) is 5.15. The zero-order valence-corrected chi connectivity index (χ0v) is 11.8. The fourth-order valence-electron chi connectivity index (χ4n) is 2.78. The maximum atomic E-state index is 6.39. The first-order chi connectivity index (χ1) is 8.65. The highest BCUT2D eigenvalue weighted by Gasteiger charge is 2.20. The minimum absolute atomic E-state index is 0.0296. The smallest absolute Gasteiger partial charge is 0.106 e. The van der Waals surface area contributed by atoms with Gasteiger partial charge in [-0.05, 0) is 57.2 Å². The Balaban J connectivity index is 1.94. The van der Waals surface area contributed by atoms with Crippen LogP contribution in [-0.2, 0) is 12.8 Å². The molecule has 2 nitrogen and oxygen atoms in total. The molecule has 2 N–H and O–H groups in total. The molecule has 2 heterocycles. The van der Waals surface area contributed by atoms with Crippen molar-refractivity contribution >= 4 is 11.3 Å². The predicted octanol–water partition coefficient (Wildman–Crippen LogP) is 3.88. The molecule has 0 fully saturated rings. The minimum atomic E-state index is -0.0296. The minimum Gasteiger partial charge on any atom is -0.466 e. The Kier molecular flexibility index (Phi) is 3.04. The lowest BCUT2D eigenvalue weighted by molar-refractivity contribution is 0.500. The summed E-state index contributed by atoms with van der Waals surface area (Å²) in [6.45, 7) is 3.97. The van der Waals surface area contributed by atoms with E-state index in [-0.39, 0.29) is 6.04 Å². The van der Waals surface area contributed by atoms with Gasteiger partial charge in [-0.3, -0.25) is 0 Å². The first kappa shape index (κ1) is 12.0. The topological polar surface area (TPSA) is 39.2 Å². The van der Waals surface area contributed by atoms with E-state index in [4.69, 9.17) is 10.2 Å². The highest BCUT2D eigenvalue weighted by Crippen LogP contribution is 2.35. The third-order valence-corrected chi connectivity index (χ3v) is 5.06. The Bertz CT molecular complexity index is 544. The van der Waals surface area contributed by atoms with Crippen LogP contribution in [0.3, 0.4) is 0 Å². The van der Waals surface area contributed by atoms with Gasteiger partial charge in [0.05, 0.1) is 6.04 Å². The van der Waals surface area contributed by atoms with Crippen LogP contribution < -0.4 is 5.73 Å². The molecule has 2 aromatic rings. The zero-order valence-electron chi connectivity index (χ0n) is 11.0. The predicted molar refractivity (Wildman–Crippen MR) is 75.2 cm³/mol. The molecule has 0 aromatic carbocycles. The van der Waals surface area contributed by atoms with Crippen molar-refractivity contribution in [3.05, 3.63) is 44.5 Å². The van der Waals surface area contributed by atoms with Crippen molar-refractivity contribution in [3.63, 3.8) is 0 Å². The molecule has 96 valence electrons. The number of furan rings is 1. The van der Waals surface area contributed by atoms with Crippen molar-refractivity contribution in [2.75, 3.05) is 0 Å². The average Bonchev–Trinajstić information content (AvgIpc) is 2.91. The summed E-state index contributed by atoms with van der Waals surface area (Å²) in [5, 5.41) is 0. The lowest BCUT2D eigenvalue weighted by Crippen LogP contribution is -2.10. The van der Waals surface area contributed by atoms with Crippen LogP contribution in [-0.4, -0.2) is 0 Å². The van der Waals surface area contributed by atoms with Gasteiger partial charge in [0.1, 0.15) is 11.5 Å². The molecule has 2 aromatic heterocycles. The Morgan fingerprint density at radius 2 is 2.00 bits per heavy atom. The van der Waals surface area contributed by atoms with Crippen molar-refractivity contribution in [2.45, 2.75) is 45.6 Å². The van der Waals surface area contributed by atoms with E-state index in [0.29, 0.717) is 0 Å². The second kappa shape index (κ2) is 4.56. The Morgan fingerprint density at radius 3 is 2.67 bits per heavy atom. The molecular weight excluding hydrogens is 242 g/mol. The van der Waals surface area contributed by atoms with Crippen LogP contribution in [0.2, 0.25) is 0 Å². The van der Waals surface area contributed by atoms with Crippen LogP contribution in [0, 0.1) is 13.8 Å². The van der Waals surface area contributed by atoms with Crippen molar-refractivity contribution in [1.29, 1.82) is 0 Å². The van der Waals surface area contributed by atoms with Gasteiger partial charge in [0.15, 0.2) is 0 Å². The van der Waals surface area contributed by atoms with Gasteiger partial charge in [0.2, 0.25) is 0 Å². The summed E-state index contributed by atoms with van der Waals surface area (Å²) >= 11 is 1.89. The summed E-state index contributed by atoms with van der Waals surface area (Å²) in [6.07, 6.45) is 5.10. The van der Waals surface area contributed by atoms with Crippen LogP contribution >= 0.6 is 11.3 Å². The zero-order chi connectivity index (χ0) is 12.7. The van der Waals surface area contributed by atoms with Crippen LogP contribution in [0.5, 0.6) is 0 Å². The third-order valence-electron chi connectivity index (χ3n) is 3.74. The molecule has 0 amide bonds. The van der Waals surface area contributed by atoms with Crippen molar-refractivity contribution in [2.24, 2.45) is 5.73 Å². The standard InChI is InChI=1S/C15H19NOS/c1-9-7-12(10(2)17-9)15(16)14-8-11-5-3-4-6-13(11)18-14/h7-8,15H,3-6,16H2,1-2H3. The lowest BCUT2D eigenvalue weighted by Gasteiger charge is -2.08. The van der Waals surface area contributed by atoms with Gasteiger partial charge in [-0.1, -0.05) is 0 Å². The van der Waals surface area contributed by atoms with Gasteiger partial charge in [-0.25, -0.2) is 0 Å². The SMILES string of the molecule is Cc1cc(C(N)c2cc3c(s2)CCCC3)c(C)o1. The van der Waals surface area contributed by atoms with E-state index >= 15 is 0 Å². The molecule has 1 atom stereocenters. The number of hydrogen-bond donors (Lipinski definition) is 1. The third kappa shape index (κ3) is 2.02. The normalized spacial score (nSPS) is 16.6. The molecule has 0 saturated carbocycles. The van der Waals surface area contributed by atoms with Gasteiger partial charge in [0, 0.05) is 15.3 Å². The molecule has 18 heavy (non-hydrogen) atoms. The maximum absolute atomic E-state index is 6.39. The maximum Gasteiger partial charge on any atom is 0.106 e. The molecule has 0 radical (unpaired) electrons. The number of nitrogens with two attached hydrogens (primary N) is 1. The largest absolute Gasteiger partial charge is 0.466 e. The van der Waals surface area contributed by atoms with Crippen molar-refractivity contribution < 1.29 is 4.42 Å². The first-order valence-electron chi connectivity index (χ1n) is 6.59. The van der Waals surface area contributed by atoms with Gasteiger partial charge < -0.3 is 10.2 Å². The number of thiophene rings is 1. The molecule has 3 heteroatoms. The van der Waals surface area contributed by atoms with Crippen LogP contribution in [0.15, 0.2) is 16.5 Å². The van der Waals surface area contributed by atoms with Crippen LogP contribution in [0.1, 0.15) is 51.3 Å². The second-order valence-corrected chi connectivity index (χ2v) is 6.32. The molecule has 1 aliphatic carbocycles. The number of fused-ring (bicyclic) bond motifs is 1. The van der Waals surface area contributed by atoms with E-state index in [1.54, 1.807) is 4.88 Å². The number of aryl methyl sites for hydroxylation is 4. The fourth-order valence-corrected chi connectivity index (χ4v) is 4.06. The van der Waals surface area contributed by atoms with Gasteiger partial charge in [0.25, 0.3) is 0 Å². The summed E-state index contributed by atoms with van der Waals surface area (Å²) in [4.78, 5) is 2.83. The number of hydrogen-bond acceptors (Lipinski definition) is 3. The fraction of sp³-hybridized carbons (Fsp3) is 0.467. The molecule has 0 aliphatic heterocycles. The molecule has 0 spiro atoms. The van der Waals surface area contributed by atoms with Gasteiger partial charge in [-0.15, -0.1) is 11.3 Å². The lowest BCUT2D eigenvalue weighted by atomic mass is 9.98. The van der Waals surface area contributed by atoms with Crippen LogP contribution in [0.25, 0.3) is 0 Å². The summed E-state index contributed by atoms with van der Waals surface area (Å²) in [6, 6.07) is 4.35. The molecule has 1 aliphatic rings. The van der Waals surface area contributed by atoms with E-state index in [9.17, 15) is 0 Å². The van der Waals surface area contributed by atoms with Crippen molar-refractivity contribution in [3.8, 4) is 0 Å².